The Bertz CT molecular complexity index is 615. The predicted octanol–water partition coefficient (Wildman–Crippen LogP) is 2.26. The molecule has 1 aromatic heterocycles. The van der Waals surface area contributed by atoms with Gasteiger partial charge in [-0.05, 0) is 24.1 Å². The lowest BCUT2D eigenvalue weighted by atomic mass is 9.89. The Morgan fingerprint density at radius 1 is 1.23 bits per heavy atom. The Morgan fingerprint density at radius 2 is 2.05 bits per heavy atom. The number of aromatic nitrogens is 1. The summed E-state index contributed by atoms with van der Waals surface area (Å²) in [7, 11) is 0. The van der Waals surface area contributed by atoms with Gasteiger partial charge in [-0.15, -0.1) is 0 Å². The number of carbonyl (C=O) groups is 1. The summed E-state index contributed by atoms with van der Waals surface area (Å²) < 4.78 is 0. The van der Waals surface area contributed by atoms with Gasteiger partial charge in [0.05, 0.1) is 12.0 Å². The Kier molecular flexibility index (Phi) is 4.49. The first kappa shape index (κ1) is 14.7. The summed E-state index contributed by atoms with van der Waals surface area (Å²) in [4.78, 5) is 16.8. The molecular formula is C18H21N3O. The highest BCUT2D eigenvalue weighted by Gasteiger charge is 2.34. The highest BCUT2D eigenvalue weighted by Crippen LogP contribution is 2.28. The van der Waals surface area contributed by atoms with E-state index in [2.05, 4.69) is 15.6 Å². The molecule has 0 bridgehead atoms. The number of pyridine rings is 1. The molecule has 0 spiro atoms. The van der Waals surface area contributed by atoms with Crippen molar-refractivity contribution >= 4 is 5.91 Å². The van der Waals surface area contributed by atoms with Crippen LogP contribution in [-0.4, -0.2) is 24.0 Å². The summed E-state index contributed by atoms with van der Waals surface area (Å²) in [6.45, 7) is 3.56. The molecule has 1 unspecified atom stereocenters. The van der Waals surface area contributed by atoms with E-state index >= 15 is 0 Å². The van der Waals surface area contributed by atoms with Crippen LogP contribution in [-0.2, 0) is 4.79 Å². The second kappa shape index (κ2) is 6.71. The standard InChI is InChI=1S/C18H21N3O/c1-13(14-6-3-2-4-7-14)21-18(22)17-12-20-11-16(17)15-8-5-9-19-10-15/h2-10,13,16-17,20H,11-12H2,1H3,(H,21,22)/t13-,16-,17?/m0/s1. The van der Waals surface area contributed by atoms with E-state index in [1.54, 1.807) is 6.20 Å². The van der Waals surface area contributed by atoms with E-state index in [1.807, 2.05) is 55.6 Å². The predicted molar refractivity (Wildman–Crippen MR) is 86.3 cm³/mol. The van der Waals surface area contributed by atoms with Gasteiger partial charge in [0.1, 0.15) is 0 Å². The number of nitrogens with zero attached hydrogens (tertiary/aromatic N) is 1. The molecule has 22 heavy (non-hydrogen) atoms. The summed E-state index contributed by atoms with van der Waals surface area (Å²) in [6, 6.07) is 14.0. The highest BCUT2D eigenvalue weighted by atomic mass is 16.2. The fraction of sp³-hybridized carbons (Fsp3) is 0.333. The van der Waals surface area contributed by atoms with Crippen molar-refractivity contribution in [3.05, 3.63) is 66.0 Å². The SMILES string of the molecule is C[C@H](NC(=O)C1CNC[C@H]1c1cccnc1)c1ccccc1. The number of rotatable bonds is 4. The van der Waals surface area contributed by atoms with Crippen molar-refractivity contribution in [2.45, 2.75) is 18.9 Å². The van der Waals surface area contributed by atoms with Gasteiger partial charge in [-0.3, -0.25) is 9.78 Å². The molecule has 1 aliphatic heterocycles. The van der Waals surface area contributed by atoms with Crippen LogP contribution < -0.4 is 10.6 Å². The van der Waals surface area contributed by atoms with E-state index in [1.165, 1.54) is 0 Å². The molecule has 1 saturated heterocycles. The molecular weight excluding hydrogens is 274 g/mol. The molecule has 2 N–H and O–H groups in total. The van der Waals surface area contributed by atoms with Crippen molar-refractivity contribution in [3.63, 3.8) is 0 Å². The summed E-state index contributed by atoms with van der Waals surface area (Å²) in [5.41, 5.74) is 2.25. The molecule has 2 heterocycles. The van der Waals surface area contributed by atoms with Gasteiger partial charge in [-0.1, -0.05) is 36.4 Å². The Hall–Kier alpha value is -2.20. The highest BCUT2D eigenvalue weighted by molar-refractivity contribution is 5.81. The summed E-state index contributed by atoms with van der Waals surface area (Å²) in [5, 5.41) is 6.46. The number of amides is 1. The molecule has 0 saturated carbocycles. The fourth-order valence-electron chi connectivity index (χ4n) is 3.05. The second-order valence-electron chi connectivity index (χ2n) is 5.80. The summed E-state index contributed by atoms with van der Waals surface area (Å²) in [5.74, 6) is 0.252. The molecule has 3 rings (SSSR count). The van der Waals surface area contributed by atoms with Gasteiger partial charge in [-0.25, -0.2) is 0 Å². The first-order chi connectivity index (χ1) is 10.8. The zero-order valence-corrected chi connectivity index (χ0v) is 12.7. The summed E-state index contributed by atoms with van der Waals surface area (Å²) >= 11 is 0. The molecule has 2 aromatic rings. The Labute approximate surface area is 131 Å². The lowest BCUT2D eigenvalue weighted by Gasteiger charge is -2.21. The average Bonchev–Trinajstić information content (AvgIpc) is 3.06. The van der Waals surface area contributed by atoms with Gasteiger partial charge in [-0.2, -0.15) is 0 Å². The second-order valence-corrected chi connectivity index (χ2v) is 5.80. The van der Waals surface area contributed by atoms with Gasteiger partial charge in [0.15, 0.2) is 0 Å². The van der Waals surface area contributed by atoms with Crippen molar-refractivity contribution in [1.82, 2.24) is 15.6 Å². The van der Waals surface area contributed by atoms with Crippen LogP contribution in [0, 0.1) is 5.92 Å². The maximum absolute atomic E-state index is 12.6. The maximum atomic E-state index is 12.6. The third-order valence-corrected chi connectivity index (χ3v) is 4.32. The van der Waals surface area contributed by atoms with Crippen LogP contribution in [0.25, 0.3) is 0 Å². The molecule has 3 atom stereocenters. The molecule has 114 valence electrons. The number of hydrogen-bond acceptors (Lipinski definition) is 3. The number of hydrogen-bond donors (Lipinski definition) is 2. The normalized spacial score (nSPS) is 22.2. The minimum atomic E-state index is -0.0460. The van der Waals surface area contributed by atoms with Crippen LogP contribution in [0.1, 0.15) is 30.0 Å². The van der Waals surface area contributed by atoms with E-state index < -0.39 is 0 Å². The smallest absolute Gasteiger partial charge is 0.225 e. The van der Waals surface area contributed by atoms with Crippen LogP contribution in [0.15, 0.2) is 54.9 Å². The van der Waals surface area contributed by atoms with Crippen LogP contribution in [0.5, 0.6) is 0 Å². The first-order valence-electron chi connectivity index (χ1n) is 7.71. The zero-order chi connectivity index (χ0) is 15.4. The van der Waals surface area contributed by atoms with Crippen molar-refractivity contribution < 1.29 is 4.79 Å². The van der Waals surface area contributed by atoms with E-state index in [0.29, 0.717) is 6.54 Å². The Balaban J connectivity index is 1.69. The van der Waals surface area contributed by atoms with E-state index in [9.17, 15) is 4.79 Å². The van der Waals surface area contributed by atoms with Crippen molar-refractivity contribution in [3.8, 4) is 0 Å². The largest absolute Gasteiger partial charge is 0.349 e. The third-order valence-electron chi connectivity index (χ3n) is 4.32. The molecule has 0 radical (unpaired) electrons. The minimum Gasteiger partial charge on any atom is -0.349 e. The lowest BCUT2D eigenvalue weighted by Crippen LogP contribution is -2.36. The monoisotopic (exact) mass is 295 g/mol. The Morgan fingerprint density at radius 3 is 2.77 bits per heavy atom. The molecule has 1 amide bonds. The lowest BCUT2D eigenvalue weighted by molar-refractivity contribution is -0.125. The molecule has 4 nitrogen and oxygen atoms in total. The number of nitrogens with one attached hydrogen (secondary N) is 2. The van der Waals surface area contributed by atoms with Gasteiger partial charge in [0.2, 0.25) is 5.91 Å². The van der Waals surface area contributed by atoms with Crippen LogP contribution in [0.2, 0.25) is 0 Å². The van der Waals surface area contributed by atoms with E-state index in [4.69, 9.17) is 0 Å². The van der Waals surface area contributed by atoms with Gasteiger partial charge in [0, 0.05) is 31.4 Å². The van der Waals surface area contributed by atoms with E-state index in [-0.39, 0.29) is 23.8 Å². The quantitative estimate of drug-likeness (QED) is 0.909. The van der Waals surface area contributed by atoms with Crippen LogP contribution >= 0.6 is 0 Å². The van der Waals surface area contributed by atoms with E-state index in [0.717, 1.165) is 17.7 Å². The fourth-order valence-corrected chi connectivity index (χ4v) is 3.05. The molecule has 1 aromatic carbocycles. The van der Waals surface area contributed by atoms with Gasteiger partial charge < -0.3 is 10.6 Å². The van der Waals surface area contributed by atoms with Crippen molar-refractivity contribution in [2.75, 3.05) is 13.1 Å². The topological polar surface area (TPSA) is 54.0 Å². The zero-order valence-electron chi connectivity index (χ0n) is 12.7. The number of benzene rings is 1. The first-order valence-corrected chi connectivity index (χ1v) is 7.71. The van der Waals surface area contributed by atoms with Crippen molar-refractivity contribution in [1.29, 1.82) is 0 Å². The molecule has 4 heteroatoms. The average molecular weight is 295 g/mol. The third kappa shape index (κ3) is 3.17. The van der Waals surface area contributed by atoms with Crippen molar-refractivity contribution in [2.24, 2.45) is 5.92 Å². The summed E-state index contributed by atoms with van der Waals surface area (Å²) in [6.07, 6.45) is 3.62. The van der Waals surface area contributed by atoms with Gasteiger partial charge in [0.25, 0.3) is 0 Å². The minimum absolute atomic E-state index is 0.0175. The molecule has 1 fully saturated rings. The molecule has 1 aliphatic rings. The van der Waals surface area contributed by atoms with Gasteiger partial charge >= 0.3 is 0 Å². The van der Waals surface area contributed by atoms with Crippen LogP contribution in [0.4, 0.5) is 0 Å². The van der Waals surface area contributed by atoms with Crippen LogP contribution in [0.3, 0.4) is 0 Å². The maximum Gasteiger partial charge on any atom is 0.225 e. The number of carbonyl (C=O) groups excluding carboxylic acids is 1. The molecule has 0 aliphatic carbocycles.